The van der Waals surface area contributed by atoms with E-state index in [2.05, 4.69) is 15.6 Å². The Kier molecular flexibility index (Phi) is 2.94. The van der Waals surface area contributed by atoms with Crippen LogP contribution in [0.4, 0.5) is 0 Å². The lowest BCUT2D eigenvalue weighted by atomic mass is 10.1. The third-order valence-electron chi connectivity index (χ3n) is 3.26. The Morgan fingerprint density at radius 3 is 2.88 bits per heavy atom. The monoisotopic (exact) mass is 268 g/mol. The Morgan fingerprint density at radius 2 is 2.12 bits per heavy atom. The molecule has 0 aliphatic carbocycles. The standard InChI is InChI=1S/C12H13ClN2OS/c13-9-2-1-3-10-11(9)14-12(17)15(10)8-4-6-16-7-5-8/h1-3,8H,4-7H2,(H,14,17). The van der Waals surface area contributed by atoms with Gasteiger partial charge in [0.25, 0.3) is 0 Å². The van der Waals surface area contributed by atoms with Crippen LogP contribution >= 0.6 is 23.8 Å². The molecule has 0 unspecified atom stereocenters. The number of halogens is 1. The lowest BCUT2D eigenvalue weighted by Crippen LogP contribution is -2.19. The summed E-state index contributed by atoms with van der Waals surface area (Å²) in [5.74, 6) is 0. The number of para-hydroxylation sites is 1. The summed E-state index contributed by atoms with van der Waals surface area (Å²) in [5, 5.41) is 0.722. The average Bonchev–Trinajstić information content (AvgIpc) is 2.68. The van der Waals surface area contributed by atoms with Gasteiger partial charge in [0.05, 0.1) is 16.1 Å². The van der Waals surface area contributed by atoms with Crippen molar-refractivity contribution in [1.82, 2.24) is 9.55 Å². The normalized spacial score (nSPS) is 17.7. The van der Waals surface area contributed by atoms with Gasteiger partial charge in [-0.1, -0.05) is 17.7 Å². The molecular formula is C12H13ClN2OS. The topological polar surface area (TPSA) is 29.9 Å². The van der Waals surface area contributed by atoms with Crippen molar-refractivity contribution in [3.8, 4) is 0 Å². The summed E-state index contributed by atoms with van der Waals surface area (Å²) in [4.78, 5) is 3.20. The molecule has 1 aromatic heterocycles. The predicted molar refractivity (Wildman–Crippen MR) is 71.2 cm³/mol. The second kappa shape index (κ2) is 4.44. The molecule has 0 radical (unpaired) electrons. The number of aromatic nitrogens is 2. The molecule has 3 rings (SSSR count). The highest BCUT2D eigenvalue weighted by atomic mass is 35.5. The largest absolute Gasteiger partial charge is 0.381 e. The number of hydrogen-bond donors (Lipinski definition) is 1. The van der Waals surface area contributed by atoms with E-state index in [0.29, 0.717) is 6.04 Å². The maximum absolute atomic E-state index is 6.17. The van der Waals surface area contributed by atoms with Crippen LogP contribution in [0, 0.1) is 4.77 Å². The van der Waals surface area contributed by atoms with E-state index < -0.39 is 0 Å². The molecular weight excluding hydrogens is 256 g/mol. The van der Waals surface area contributed by atoms with Crippen molar-refractivity contribution < 1.29 is 4.74 Å². The van der Waals surface area contributed by atoms with Gasteiger partial charge in [-0.25, -0.2) is 0 Å². The summed E-state index contributed by atoms with van der Waals surface area (Å²) in [5.41, 5.74) is 2.03. The molecule has 1 saturated heterocycles. The highest BCUT2D eigenvalue weighted by Crippen LogP contribution is 2.29. The fourth-order valence-corrected chi connectivity index (χ4v) is 2.99. The number of ether oxygens (including phenoxy) is 1. The molecule has 1 N–H and O–H groups in total. The van der Waals surface area contributed by atoms with Crippen molar-refractivity contribution in [1.29, 1.82) is 0 Å². The van der Waals surface area contributed by atoms with E-state index >= 15 is 0 Å². The molecule has 1 fully saturated rings. The van der Waals surface area contributed by atoms with Gasteiger partial charge in [-0.2, -0.15) is 0 Å². The number of H-pyrrole nitrogens is 1. The van der Waals surface area contributed by atoms with Gasteiger partial charge in [0.2, 0.25) is 0 Å². The Hall–Kier alpha value is -0.840. The fraction of sp³-hybridized carbons (Fsp3) is 0.417. The van der Waals surface area contributed by atoms with Gasteiger partial charge in [0.1, 0.15) is 0 Å². The summed E-state index contributed by atoms with van der Waals surface area (Å²) < 4.78 is 8.32. The van der Waals surface area contributed by atoms with Crippen molar-refractivity contribution in [2.24, 2.45) is 0 Å². The van der Waals surface area contributed by atoms with Crippen LogP contribution < -0.4 is 0 Å². The number of rotatable bonds is 1. The third-order valence-corrected chi connectivity index (χ3v) is 3.87. The third kappa shape index (κ3) is 1.90. The van der Waals surface area contributed by atoms with Crippen molar-refractivity contribution in [2.75, 3.05) is 13.2 Å². The van der Waals surface area contributed by atoms with Crippen molar-refractivity contribution >= 4 is 34.9 Å². The van der Waals surface area contributed by atoms with E-state index in [1.54, 1.807) is 0 Å². The molecule has 90 valence electrons. The summed E-state index contributed by atoms with van der Waals surface area (Å²) in [7, 11) is 0. The first kappa shape index (κ1) is 11.3. The summed E-state index contributed by atoms with van der Waals surface area (Å²) in [6.45, 7) is 1.61. The zero-order valence-corrected chi connectivity index (χ0v) is 10.9. The Labute approximate surface area is 109 Å². The first-order chi connectivity index (χ1) is 8.27. The van der Waals surface area contributed by atoms with Crippen LogP contribution in [-0.2, 0) is 4.74 Å². The molecule has 0 amide bonds. The Morgan fingerprint density at radius 1 is 1.35 bits per heavy atom. The van der Waals surface area contributed by atoms with Crippen LogP contribution in [0.2, 0.25) is 5.02 Å². The minimum atomic E-state index is 0.420. The minimum absolute atomic E-state index is 0.420. The summed E-state index contributed by atoms with van der Waals surface area (Å²) in [6, 6.07) is 6.32. The minimum Gasteiger partial charge on any atom is -0.381 e. The van der Waals surface area contributed by atoms with Crippen LogP contribution in [0.25, 0.3) is 11.0 Å². The first-order valence-electron chi connectivity index (χ1n) is 5.74. The maximum Gasteiger partial charge on any atom is 0.178 e. The highest BCUT2D eigenvalue weighted by Gasteiger charge is 2.19. The smallest absolute Gasteiger partial charge is 0.178 e. The number of aromatic amines is 1. The predicted octanol–water partition coefficient (Wildman–Crippen LogP) is 3.70. The molecule has 0 saturated carbocycles. The zero-order valence-electron chi connectivity index (χ0n) is 9.28. The molecule has 1 aromatic carbocycles. The SMILES string of the molecule is S=c1[nH]c2c(Cl)cccc2n1C1CCOCC1. The molecule has 1 aliphatic heterocycles. The van der Waals surface area contributed by atoms with E-state index in [4.69, 9.17) is 28.6 Å². The van der Waals surface area contributed by atoms with Gasteiger partial charge in [0.15, 0.2) is 4.77 Å². The van der Waals surface area contributed by atoms with E-state index in [-0.39, 0.29) is 0 Å². The molecule has 2 heterocycles. The lowest BCUT2D eigenvalue weighted by molar-refractivity contribution is 0.0702. The molecule has 0 bridgehead atoms. The number of nitrogens with one attached hydrogen (secondary N) is 1. The zero-order chi connectivity index (χ0) is 11.8. The summed E-state index contributed by atoms with van der Waals surface area (Å²) >= 11 is 11.6. The van der Waals surface area contributed by atoms with Gasteiger partial charge in [-0.15, -0.1) is 0 Å². The van der Waals surface area contributed by atoms with E-state index in [9.17, 15) is 0 Å². The van der Waals surface area contributed by atoms with Gasteiger partial charge in [0, 0.05) is 19.3 Å². The number of nitrogens with zero attached hydrogens (tertiary/aromatic N) is 1. The van der Waals surface area contributed by atoms with Gasteiger partial charge >= 0.3 is 0 Å². The fourth-order valence-electron chi connectivity index (χ4n) is 2.42. The lowest BCUT2D eigenvalue weighted by Gasteiger charge is -2.24. The quantitative estimate of drug-likeness (QED) is 0.799. The van der Waals surface area contributed by atoms with Crippen LogP contribution in [0.1, 0.15) is 18.9 Å². The second-order valence-corrected chi connectivity index (χ2v) is 5.07. The van der Waals surface area contributed by atoms with E-state index in [0.717, 1.165) is 46.9 Å². The molecule has 0 atom stereocenters. The Balaban J connectivity index is 2.18. The number of benzene rings is 1. The number of fused-ring (bicyclic) bond motifs is 1. The van der Waals surface area contributed by atoms with Gasteiger partial charge in [-0.3, -0.25) is 0 Å². The van der Waals surface area contributed by atoms with Crippen molar-refractivity contribution in [3.05, 3.63) is 28.0 Å². The van der Waals surface area contributed by atoms with Gasteiger partial charge in [-0.05, 0) is 37.2 Å². The highest BCUT2D eigenvalue weighted by molar-refractivity contribution is 7.71. The van der Waals surface area contributed by atoms with Crippen LogP contribution in [0.15, 0.2) is 18.2 Å². The van der Waals surface area contributed by atoms with Gasteiger partial charge < -0.3 is 14.3 Å². The molecule has 1 aliphatic rings. The molecule has 0 spiro atoms. The molecule has 3 nitrogen and oxygen atoms in total. The molecule has 2 aromatic rings. The summed E-state index contributed by atoms with van der Waals surface area (Å²) in [6.07, 6.45) is 2.02. The van der Waals surface area contributed by atoms with E-state index in [1.165, 1.54) is 0 Å². The Bertz CT molecular complexity index is 598. The van der Waals surface area contributed by atoms with Crippen LogP contribution in [-0.4, -0.2) is 22.8 Å². The van der Waals surface area contributed by atoms with Crippen molar-refractivity contribution in [2.45, 2.75) is 18.9 Å². The molecule has 17 heavy (non-hydrogen) atoms. The number of hydrogen-bond acceptors (Lipinski definition) is 2. The van der Waals surface area contributed by atoms with E-state index in [1.807, 2.05) is 12.1 Å². The first-order valence-corrected chi connectivity index (χ1v) is 6.52. The average molecular weight is 269 g/mol. The van der Waals surface area contributed by atoms with Crippen LogP contribution in [0.3, 0.4) is 0 Å². The number of imidazole rings is 1. The van der Waals surface area contributed by atoms with Crippen molar-refractivity contribution in [3.63, 3.8) is 0 Å². The molecule has 5 heteroatoms. The van der Waals surface area contributed by atoms with Crippen LogP contribution in [0.5, 0.6) is 0 Å². The maximum atomic E-state index is 6.17. The second-order valence-electron chi connectivity index (χ2n) is 4.28.